The van der Waals surface area contributed by atoms with Gasteiger partial charge in [0.1, 0.15) is 5.75 Å². The maximum Gasteiger partial charge on any atom is 0.338 e. The summed E-state index contributed by atoms with van der Waals surface area (Å²) in [7, 11) is 1.57. The number of carbonyl (C=O) groups excluding carboxylic acids is 2. The van der Waals surface area contributed by atoms with Crippen LogP contribution in [0.5, 0.6) is 5.75 Å². The van der Waals surface area contributed by atoms with Crippen molar-refractivity contribution < 1.29 is 23.5 Å². The van der Waals surface area contributed by atoms with Crippen molar-refractivity contribution in [3.63, 3.8) is 0 Å². The molecule has 0 aliphatic rings. The summed E-state index contributed by atoms with van der Waals surface area (Å²) in [6.07, 6.45) is -1.07. The zero-order chi connectivity index (χ0) is 20.1. The van der Waals surface area contributed by atoms with E-state index in [9.17, 15) is 9.59 Å². The zero-order valence-corrected chi connectivity index (χ0v) is 15.8. The molecule has 0 aliphatic heterocycles. The second-order valence-corrected chi connectivity index (χ2v) is 6.12. The Morgan fingerprint density at radius 2 is 1.75 bits per heavy atom. The molecule has 1 N–H and O–H groups in total. The number of amides is 1. The third-order valence-electron chi connectivity index (χ3n) is 3.73. The van der Waals surface area contributed by atoms with E-state index in [2.05, 4.69) is 15.5 Å². The van der Waals surface area contributed by atoms with Gasteiger partial charge < -0.3 is 13.9 Å². The third-order valence-corrected chi connectivity index (χ3v) is 3.98. The van der Waals surface area contributed by atoms with Crippen LogP contribution >= 0.6 is 11.6 Å². The lowest BCUT2D eigenvalue weighted by Gasteiger charge is -2.11. The van der Waals surface area contributed by atoms with Crippen LogP contribution in [0.1, 0.15) is 17.3 Å². The highest BCUT2D eigenvalue weighted by molar-refractivity contribution is 6.30. The largest absolute Gasteiger partial charge is 0.497 e. The molecule has 2 aromatic carbocycles. The van der Waals surface area contributed by atoms with Gasteiger partial charge >= 0.3 is 12.0 Å². The lowest BCUT2D eigenvalue weighted by Crippen LogP contribution is -2.30. The Labute approximate surface area is 165 Å². The molecule has 0 saturated heterocycles. The van der Waals surface area contributed by atoms with E-state index >= 15 is 0 Å². The molecule has 9 heteroatoms. The molecular formula is C19H16ClN3O5. The van der Waals surface area contributed by atoms with Gasteiger partial charge in [0.2, 0.25) is 5.89 Å². The van der Waals surface area contributed by atoms with E-state index in [4.69, 9.17) is 25.5 Å². The van der Waals surface area contributed by atoms with Gasteiger partial charge in [-0.05, 0) is 55.5 Å². The second-order valence-electron chi connectivity index (χ2n) is 5.68. The summed E-state index contributed by atoms with van der Waals surface area (Å²) in [5.74, 6) is -0.340. The van der Waals surface area contributed by atoms with Crippen LogP contribution in [0.15, 0.2) is 52.9 Å². The monoisotopic (exact) mass is 401 g/mol. The fourth-order valence-corrected chi connectivity index (χ4v) is 2.33. The van der Waals surface area contributed by atoms with Crippen molar-refractivity contribution in [3.8, 4) is 17.2 Å². The van der Waals surface area contributed by atoms with E-state index in [1.165, 1.54) is 19.1 Å². The van der Waals surface area contributed by atoms with Gasteiger partial charge in [-0.25, -0.2) is 4.79 Å². The molecule has 0 spiro atoms. The maximum atomic E-state index is 12.2. The first-order valence-electron chi connectivity index (χ1n) is 8.21. The first-order chi connectivity index (χ1) is 13.5. The van der Waals surface area contributed by atoms with Gasteiger partial charge in [-0.1, -0.05) is 16.7 Å². The molecule has 28 heavy (non-hydrogen) atoms. The Morgan fingerprint density at radius 1 is 1.07 bits per heavy atom. The molecule has 8 nitrogen and oxygen atoms in total. The molecule has 0 radical (unpaired) electrons. The standard InChI is InChI=1S/C19H16ClN3O5/c1-11(27-18(25)13-3-7-14(20)8-4-13)16(24)21-19-23-22-17(28-19)12-5-9-15(26-2)10-6-12/h3-11H,1-2H3,(H,21,23,24). The second kappa shape index (κ2) is 8.53. The van der Waals surface area contributed by atoms with Crippen LogP contribution in [0.25, 0.3) is 11.5 Å². The quantitative estimate of drug-likeness (QED) is 0.629. The van der Waals surface area contributed by atoms with Crippen LogP contribution in [0, 0.1) is 0 Å². The molecule has 1 heterocycles. The van der Waals surface area contributed by atoms with Crippen LogP contribution in [0.2, 0.25) is 5.02 Å². The minimum Gasteiger partial charge on any atom is -0.497 e. The third kappa shape index (κ3) is 4.66. The van der Waals surface area contributed by atoms with Gasteiger partial charge in [0, 0.05) is 10.6 Å². The van der Waals surface area contributed by atoms with Gasteiger partial charge in [-0.3, -0.25) is 10.1 Å². The molecular weight excluding hydrogens is 386 g/mol. The van der Waals surface area contributed by atoms with E-state index < -0.39 is 18.0 Å². The van der Waals surface area contributed by atoms with Gasteiger partial charge in [0.25, 0.3) is 5.91 Å². The summed E-state index contributed by atoms with van der Waals surface area (Å²) in [4.78, 5) is 24.3. The topological polar surface area (TPSA) is 104 Å². The number of rotatable bonds is 6. The molecule has 0 aliphatic carbocycles. The van der Waals surface area contributed by atoms with Crippen molar-refractivity contribution in [2.45, 2.75) is 13.0 Å². The minimum absolute atomic E-state index is 0.106. The normalized spacial score (nSPS) is 11.5. The summed E-state index contributed by atoms with van der Waals surface area (Å²) < 4.78 is 15.6. The number of aromatic nitrogens is 2. The number of benzene rings is 2. The Bertz CT molecular complexity index is 970. The Hall–Kier alpha value is -3.39. The van der Waals surface area contributed by atoms with E-state index in [1.54, 1.807) is 43.5 Å². The van der Waals surface area contributed by atoms with Gasteiger partial charge in [0.05, 0.1) is 12.7 Å². The predicted molar refractivity (Wildman–Crippen MR) is 101 cm³/mol. The smallest absolute Gasteiger partial charge is 0.338 e. The van der Waals surface area contributed by atoms with E-state index in [-0.39, 0.29) is 17.5 Å². The lowest BCUT2D eigenvalue weighted by atomic mass is 10.2. The highest BCUT2D eigenvalue weighted by Gasteiger charge is 2.21. The number of nitrogens with zero attached hydrogens (tertiary/aromatic N) is 2. The first kappa shape index (κ1) is 19.4. The Balaban J connectivity index is 1.60. The zero-order valence-electron chi connectivity index (χ0n) is 15.0. The fourth-order valence-electron chi connectivity index (χ4n) is 2.20. The maximum absolute atomic E-state index is 12.2. The molecule has 3 aromatic rings. The molecule has 1 amide bonds. The fraction of sp³-hybridized carbons (Fsp3) is 0.158. The highest BCUT2D eigenvalue weighted by Crippen LogP contribution is 2.22. The average Bonchev–Trinajstić information content (AvgIpc) is 3.17. The number of nitrogens with one attached hydrogen (secondary N) is 1. The van der Waals surface area contributed by atoms with Crippen LogP contribution in [-0.2, 0) is 9.53 Å². The Kier molecular flexibility index (Phi) is 5.90. The van der Waals surface area contributed by atoms with Crippen molar-refractivity contribution in [2.75, 3.05) is 12.4 Å². The summed E-state index contributed by atoms with van der Waals surface area (Å²) in [5, 5.41) is 10.6. The highest BCUT2D eigenvalue weighted by atomic mass is 35.5. The predicted octanol–water partition coefficient (Wildman–Crippen LogP) is 3.58. The molecule has 0 bridgehead atoms. The van der Waals surface area contributed by atoms with Gasteiger partial charge in [-0.2, -0.15) is 0 Å². The van der Waals surface area contributed by atoms with E-state index in [0.717, 1.165) is 0 Å². The van der Waals surface area contributed by atoms with Gasteiger partial charge in [-0.15, -0.1) is 5.10 Å². The summed E-state index contributed by atoms with van der Waals surface area (Å²) in [5.41, 5.74) is 0.944. The van der Waals surface area contributed by atoms with Crippen molar-refractivity contribution in [2.24, 2.45) is 0 Å². The van der Waals surface area contributed by atoms with Crippen molar-refractivity contribution in [1.29, 1.82) is 0 Å². The number of anilines is 1. The van der Waals surface area contributed by atoms with Crippen LogP contribution in [-0.4, -0.2) is 35.3 Å². The van der Waals surface area contributed by atoms with Crippen LogP contribution in [0.3, 0.4) is 0 Å². The molecule has 0 fully saturated rings. The number of hydrogen-bond acceptors (Lipinski definition) is 7. The average molecular weight is 402 g/mol. The van der Waals surface area contributed by atoms with E-state index in [1.807, 2.05) is 0 Å². The van der Waals surface area contributed by atoms with Crippen LogP contribution < -0.4 is 10.1 Å². The van der Waals surface area contributed by atoms with Crippen LogP contribution in [0.4, 0.5) is 6.01 Å². The van der Waals surface area contributed by atoms with Crippen molar-refractivity contribution in [1.82, 2.24) is 10.2 Å². The number of ether oxygens (including phenoxy) is 2. The van der Waals surface area contributed by atoms with E-state index in [0.29, 0.717) is 16.3 Å². The van der Waals surface area contributed by atoms with Gasteiger partial charge in [0.15, 0.2) is 6.10 Å². The summed E-state index contributed by atoms with van der Waals surface area (Å²) in [6, 6.07) is 13.0. The number of halogens is 1. The number of carbonyl (C=O) groups is 2. The first-order valence-corrected chi connectivity index (χ1v) is 8.59. The molecule has 1 unspecified atom stereocenters. The number of esters is 1. The molecule has 144 valence electrons. The summed E-state index contributed by atoms with van der Waals surface area (Å²) in [6.45, 7) is 1.43. The molecule has 3 rings (SSSR count). The minimum atomic E-state index is -1.07. The SMILES string of the molecule is COc1ccc(-c2nnc(NC(=O)C(C)OC(=O)c3ccc(Cl)cc3)o2)cc1. The lowest BCUT2D eigenvalue weighted by molar-refractivity contribution is -0.123. The summed E-state index contributed by atoms with van der Waals surface area (Å²) >= 11 is 5.78. The van der Waals surface area contributed by atoms with Crippen molar-refractivity contribution >= 4 is 29.5 Å². The Morgan fingerprint density at radius 3 is 2.39 bits per heavy atom. The van der Waals surface area contributed by atoms with Crippen molar-refractivity contribution in [3.05, 3.63) is 59.1 Å². The number of hydrogen-bond donors (Lipinski definition) is 1. The molecule has 1 atom stereocenters. The molecule has 0 saturated carbocycles. The number of methoxy groups -OCH3 is 1. The molecule has 1 aromatic heterocycles.